The lowest BCUT2D eigenvalue weighted by molar-refractivity contribution is -0.122. The minimum atomic E-state index is -3.46. The van der Waals surface area contributed by atoms with Crippen LogP contribution in [0.2, 0.25) is 0 Å². The largest absolute Gasteiger partial charge is 0.355 e. The number of carbonyl (C=O) groups is 1. The fraction of sp³-hybridized carbons (Fsp3) is 0.682. The minimum Gasteiger partial charge on any atom is -0.355 e. The summed E-state index contributed by atoms with van der Waals surface area (Å²) in [6.07, 6.45) is 6.24. The van der Waals surface area contributed by atoms with Gasteiger partial charge in [0.25, 0.3) is 0 Å². The lowest BCUT2D eigenvalue weighted by Crippen LogP contribution is -2.51. The van der Waals surface area contributed by atoms with Crippen molar-refractivity contribution in [3.8, 4) is 0 Å². The van der Waals surface area contributed by atoms with Gasteiger partial charge >= 0.3 is 0 Å². The van der Waals surface area contributed by atoms with E-state index in [0.717, 1.165) is 18.5 Å². The van der Waals surface area contributed by atoms with Gasteiger partial charge in [0.15, 0.2) is 0 Å². The second kappa shape index (κ2) is 11.2. The van der Waals surface area contributed by atoms with Crippen LogP contribution >= 0.6 is 0 Å². The van der Waals surface area contributed by atoms with Crippen LogP contribution in [0, 0.1) is 6.92 Å². The molecule has 2 aliphatic rings. The molecule has 2 heterocycles. The van der Waals surface area contributed by atoms with Crippen LogP contribution in [0.15, 0.2) is 29.2 Å². The second-order valence-corrected chi connectivity index (χ2v) is 10.4. The van der Waals surface area contributed by atoms with Crippen molar-refractivity contribution in [2.24, 2.45) is 0 Å². The Kier molecular flexibility index (Phi) is 8.68. The number of rotatable bonds is 8. The molecule has 1 aromatic rings. The first-order valence-electron chi connectivity index (χ1n) is 11.2. The Morgan fingerprint density at radius 1 is 0.900 bits per heavy atom. The number of sulfonamides is 1. The Bertz CT molecular complexity index is 766. The van der Waals surface area contributed by atoms with Crippen LogP contribution < -0.4 is 5.32 Å². The molecule has 1 N–H and O–H groups in total. The van der Waals surface area contributed by atoms with Crippen LogP contribution in [0.3, 0.4) is 0 Å². The lowest BCUT2D eigenvalue weighted by atomic mass is 10.2. The zero-order valence-corrected chi connectivity index (χ0v) is 19.0. The quantitative estimate of drug-likeness (QED) is 0.628. The molecule has 0 radical (unpaired) electrons. The van der Waals surface area contributed by atoms with Crippen molar-refractivity contribution < 1.29 is 13.2 Å². The third-order valence-corrected chi connectivity index (χ3v) is 7.94. The fourth-order valence-electron chi connectivity index (χ4n) is 4.14. The highest BCUT2D eigenvalue weighted by Gasteiger charge is 2.28. The molecule has 30 heavy (non-hydrogen) atoms. The molecule has 0 unspecified atom stereocenters. The number of piperazine rings is 1. The lowest BCUT2D eigenvalue weighted by Gasteiger charge is -2.33. The Morgan fingerprint density at radius 3 is 2.17 bits per heavy atom. The van der Waals surface area contributed by atoms with Gasteiger partial charge in [-0.2, -0.15) is 4.31 Å². The van der Waals surface area contributed by atoms with Crippen molar-refractivity contribution in [3.05, 3.63) is 29.8 Å². The summed E-state index contributed by atoms with van der Waals surface area (Å²) in [5.74, 6) is 0.0284. The molecule has 8 heteroatoms. The van der Waals surface area contributed by atoms with Crippen LogP contribution in [-0.4, -0.2) is 87.3 Å². The Labute approximate surface area is 181 Å². The van der Waals surface area contributed by atoms with Gasteiger partial charge in [-0.25, -0.2) is 8.42 Å². The molecule has 168 valence electrons. The van der Waals surface area contributed by atoms with Gasteiger partial charge in [-0.3, -0.25) is 9.69 Å². The van der Waals surface area contributed by atoms with E-state index in [0.29, 0.717) is 44.2 Å². The summed E-state index contributed by atoms with van der Waals surface area (Å²) < 4.78 is 27.1. The number of aryl methyl sites for hydroxylation is 1. The molecule has 3 rings (SSSR count). The van der Waals surface area contributed by atoms with E-state index in [1.54, 1.807) is 12.1 Å². The topological polar surface area (TPSA) is 73.0 Å². The average molecular weight is 437 g/mol. The summed E-state index contributed by atoms with van der Waals surface area (Å²) in [5.41, 5.74) is 1.04. The van der Waals surface area contributed by atoms with Crippen molar-refractivity contribution in [2.45, 2.75) is 43.9 Å². The zero-order chi connectivity index (χ0) is 21.4. The summed E-state index contributed by atoms with van der Waals surface area (Å²) in [5, 5.41) is 3.02. The smallest absolute Gasteiger partial charge is 0.243 e. The monoisotopic (exact) mass is 436 g/mol. The van der Waals surface area contributed by atoms with Crippen LogP contribution in [0.25, 0.3) is 0 Å². The third-order valence-electron chi connectivity index (χ3n) is 6.03. The summed E-state index contributed by atoms with van der Waals surface area (Å²) in [6.45, 7) is 8.38. The third kappa shape index (κ3) is 6.77. The van der Waals surface area contributed by atoms with Crippen molar-refractivity contribution in [1.82, 2.24) is 19.4 Å². The van der Waals surface area contributed by atoms with Gasteiger partial charge < -0.3 is 10.2 Å². The molecule has 0 bridgehead atoms. The predicted molar refractivity (Wildman–Crippen MR) is 119 cm³/mol. The first-order valence-corrected chi connectivity index (χ1v) is 12.7. The van der Waals surface area contributed by atoms with Gasteiger partial charge in [-0.1, -0.05) is 30.5 Å². The van der Waals surface area contributed by atoms with Gasteiger partial charge in [-0.15, -0.1) is 0 Å². The molecule has 0 atom stereocenters. The van der Waals surface area contributed by atoms with E-state index in [1.165, 1.54) is 43.1 Å². The molecule has 0 aromatic heterocycles. The van der Waals surface area contributed by atoms with E-state index in [4.69, 9.17) is 0 Å². The van der Waals surface area contributed by atoms with Gasteiger partial charge in [-0.05, 0) is 58.0 Å². The molecule has 7 nitrogen and oxygen atoms in total. The molecule has 1 amide bonds. The molecule has 1 aromatic carbocycles. The maximum absolute atomic E-state index is 12.8. The highest BCUT2D eigenvalue weighted by Crippen LogP contribution is 2.18. The molecule has 0 saturated carbocycles. The Balaban J connectivity index is 1.34. The number of nitrogens with zero attached hydrogens (tertiary/aromatic N) is 3. The van der Waals surface area contributed by atoms with Crippen LogP contribution in [0.1, 0.15) is 37.7 Å². The molecule has 0 spiro atoms. The number of hydrogen-bond donors (Lipinski definition) is 1. The first-order chi connectivity index (χ1) is 14.4. The van der Waals surface area contributed by atoms with Crippen molar-refractivity contribution in [2.75, 3.05) is 58.9 Å². The van der Waals surface area contributed by atoms with Gasteiger partial charge in [0.2, 0.25) is 15.9 Å². The number of nitrogens with one attached hydrogen (secondary N) is 1. The van der Waals surface area contributed by atoms with E-state index in [2.05, 4.69) is 10.2 Å². The number of amides is 1. The Morgan fingerprint density at radius 2 is 1.53 bits per heavy atom. The fourth-order valence-corrected chi connectivity index (χ4v) is 5.56. The SMILES string of the molecule is Cc1ccc(S(=O)(=O)N2CCN(CC(=O)NCCCN3CCCCCC3)CC2)cc1. The molecule has 2 fully saturated rings. The number of hydrogen-bond acceptors (Lipinski definition) is 5. The summed E-state index contributed by atoms with van der Waals surface area (Å²) in [6, 6.07) is 6.97. The number of likely N-dealkylation sites (tertiary alicyclic amines) is 1. The summed E-state index contributed by atoms with van der Waals surface area (Å²) in [4.78, 5) is 17.1. The van der Waals surface area contributed by atoms with Gasteiger partial charge in [0, 0.05) is 32.7 Å². The summed E-state index contributed by atoms with van der Waals surface area (Å²) >= 11 is 0. The van der Waals surface area contributed by atoms with E-state index < -0.39 is 10.0 Å². The molecule has 2 aliphatic heterocycles. The summed E-state index contributed by atoms with van der Waals surface area (Å²) in [7, 11) is -3.46. The van der Waals surface area contributed by atoms with E-state index in [-0.39, 0.29) is 5.91 Å². The first kappa shape index (κ1) is 23.2. The van der Waals surface area contributed by atoms with Crippen LogP contribution in [0.5, 0.6) is 0 Å². The van der Waals surface area contributed by atoms with E-state index in [9.17, 15) is 13.2 Å². The normalized spacial score (nSPS) is 20.0. The van der Waals surface area contributed by atoms with Crippen molar-refractivity contribution in [3.63, 3.8) is 0 Å². The maximum Gasteiger partial charge on any atom is 0.243 e. The average Bonchev–Trinajstić information content (AvgIpc) is 3.01. The Hall–Kier alpha value is -1.48. The molecular weight excluding hydrogens is 400 g/mol. The van der Waals surface area contributed by atoms with E-state index >= 15 is 0 Å². The zero-order valence-electron chi connectivity index (χ0n) is 18.2. The van der Waals surface area contributed by atoms with Gasteiger partial charge in [0.05, 0.1) is 11.4 Å². The van der Waals surface area contributed by atoms with Crippen LogP contribution in [0.4, 0.5) is 0 Å². The van der Waals surface area contributed by atoms with Gasteiger partial charge in [0.1, 0.15) is 0 Å². The minimum absolute atomic E-state index is 0.0284. The number of benzene rings is 1. The molecular formula is C22H36N4O3S. The second-order valence-electron chi connectivity index (χ2n) is 8.45. The van der Waals surface area contributed by atoms with E-state index in [1.807, 2.05) is 24.0 Å². The predicted octanol–water partition coefficient (Wildman–Crippen LogP) is 1.68. The number of carbonyl (C=O) groups excluding carboxylic acids is 1. The standard InChI is InChI=1S/C22H36N4O3S/c1-20-7-9-21(10-8-20)30(28,29)26-17-15-25(16-18-26)19-22(27)23-11-6-14-24-12-4-2-3-5-13-24/h7-10H,2-6,11-19H2,1H3,(H,23,27). The maximum atomic E-state index is 12.8. The van der Waals surface area contributed by atoms with Crippen molar-refractivity contribution >= 4 is 15.9 Å². The highest BCUT2D eigenvalue weighted by atomic mass is 32.2. The molecule has 0 aliphatic carbocycles. The van der Waals surface area contributed by atoms with Crippen molar-refractivity contribution in [1.29, 1.82) is 0 Å². The molecule has 2 saturated heterocycles. The van der Waals surface area contributed by atoms with Crippen LogP contribution in [-0.2, 0) is 14.8 Å². The highest BCUT2D eigenvalue weighted by molar-refractivity contribution is 7.89.